The van der Waals surface area contributed by atoms with Crippen molar-refractivity contribution in [3.8, 4) is 11.5 Å². The first-order valence-electron chi connectivity index (χ1n) is 7.07. The standard InChI is InChI=1S/C17H17F2NO/c1-11-2-3-12(10-20-14-5-6-14)8-16(11)21-17-9-13(18)4-7-15(17)19/h2-4,7-9,14,20H,5-6,10H2,1H3. The second-order valence-electron chi connectivity index (χ2n) is 5.43. The molecule has 0 aromatic heterocycles. The Hall–Kier alpha value is -1.94. The summed E-state index contributed by atoms with van der Waals surface area (Å²) in [6.45, 7) is 2.64. The van der Waals surface area contributed by atoms with Gasteiger partial charge in [-0.05, 0) is 49.1 Å². The molecule has 1 saturated carbocycles. The summed E-state index contributed by atoms with van der Waals surface area (Å²) < 4.78 is 32.4. The summed E-state index contributed by atoms with van der Waals surface area (Å²) in [6, 6.07) is 9.63. The van der Waals surface area contributed by atoms with E-state index < -0.39 is 11.6 Å². The average molecular weight is 289 g/mol. The molecule has 0 amide bonds. The number of halogens is 2. The maximum atomic E-state index is 13.6. The fourth-order valence-electron chi connectivity index (χ4n) is 2.09. The van der Waals surface area contributed by atoms with Crippen LogP contribution in [0.15, 0.2) is 36.4 Å². The lowest BCUT2D eigenvalue weighted by molar-refractivity contribution is 0.433. The average Bonchev–Trinajstić information content (AvgIpc) is 3.28. The molecule has 0 spiro atoms. The third kappa shape index (κ3) is 3.58. The third-order valence-electron chi connectivity index (χ3n) is 3.54. The maximum Gasteiger partial charge on any atom is 0.165 e. The maximum absolute atomic E-state index is 13.6. The Bertz CT molecular complexity index is 653. The second-order valence-corrected chi connectivity index (χ2v) is 5.43. The number of hydrogen-bond acceptors (Lipinski definition) is 2. The van der Waals surface area contributed by atoms with E-state index in [1.165, 1.54) is 12.8 Å². The van der Waals surface area contributed by atoms with Gasteiger partial charge in [0.2, 0.25) is 0 Å². The molecule has 0 bridgehead atoms. The van der Waals surface area contributed by atoms with E-state index in [0.29, 0.717) is 11.8 Å². The fourth-order valence-corrected chi connectivity index (χ4v) is 2.09. The zero-order chi connectivity index (χ0) is 14.8. The van der Waals surface area contributed by atoms with Gasteiger partial charge in [-0.3, -0.25) is 0 Å². The molecule has 1 fully saturated rings. The molecule has 21 heavy (non-hydrogen) atoms. The van der Waals surface area contributed by atoms with Crippen LogP contribution in [0.2, 0.25) is 0 Å². The van der Waals surface area contributed by atoms with Gasteiger partial charge in [-0.15, -0.1) is 0 Å². The van der Waals surface area contributed by atoms with Crippen LogP contribution >= 0.6 is 0 Å². The van der Waals surface area contributed by atoms with E-state index in [2.05, 4.69) is 5.32 Å². The van der Waals surface area contributed by atoms with Crippen LogP contribution in [-0.2, 0) is 6.54 Å². The highest BCUT2D eigenvalue weighted by Gasteiger charge is 2.20. The van der Waals surface area contributed by atoms with Gasteiger partial charge in [-0.2, -0.15) is 0 Å². The number of rotatable bonds is 5. The molecule has 3 rings (SSSR count). The van der Waals surface area contributed by atoms with Crippen molar-refractivity contribution < 1.29 is 13.5 Å². The Morgan fingerprint density at radius 2 is 1.90 bits per heavy atom. The summed E-state index contributed by atoms with van der Waals surface area (Å²) in [7, 11) is 0. The third-order valence-corrected chi connectivity index (χ3v) is 3.54. The molecule has 0 aliphatic heterocycles. The minimum Gasteiger partial charge on any atom is -0.454 e. The molecule has 110 valence electrons. The Labute approximate surface area is 122 Å². The zero-order valence-corrected chi connectivity index (χ0v) is 11.8. The Kier molecular flexibility index (Phi) is 3.88. The van der Waals surface area contributed by atoms with Crippen LogP contribution in [0.1, 0.15) is 24.0 Å². The fraction of sp³-hybridized carbons (Fsp3) is 0.294. The van der Waals surface area contributed by atoms with Crippen LogP contribution in [0, 0.1) is 18.6 Å². The smallest absolute Gasteiger partial charge is 0.165 e. The molecule has 1 N–H and O–H groups in total. The second kappa shape index (κ2) is 5.82. The number of aryl methyl sites for hydroxylation is 1. The van der Waals surface area contributed by atoms with E-state index in [-0.39, 0.29) is 5.75 Å². The van der Waals surface area contributed by atoms with Crippen molar-refractivity contribution in [2.45, 2.75) is 32.4 Å². The molecule has 0 heterocycles. The summed E-state index contributed by atoms with van der Waals surface area (Å²) in [5, 5.41) is 3.41. The van der Waals surface area contributed by atoms with E-state index in [1.54, 1.807) is 0 Å². The first-order chi connectivity index (χ1) is 10.1. The quantitative estimate of drug-likeness (QED) is 0.885. The molecule has 4 heteroatoms. The zero-order valence-electron chi connectivity index (χ0n) is 11.8. The Morgan fingerprint density at radius 3 is 2.67 bits per heavy atom. The first-order valence-corrected chi connectivity index (χ1v) is 7.07. The summed E-state index contributed by atoms with van der Waals surface area (Å²) in [5.74, 6) is -0.632. The van der Waals surface area contributed by atoms with Crippen LogP contribution in [0.4, 0.5) is 8.78 Å². The van der Waals surface area contributed by atoms with Crippen LogP contribution in [-0.4, -0.2) is 6.04 Å². The Balaban J connectivity index is 1.79. The monoisotopic (exact) mass is 289 g/mol. The molecule has 2 aromatic carbocycles. The van der Waals surface area contributed by atoms with Crippen LogP contribution in [0.3, 0.4) is 0 Å². The predicted octanol–water partition coefficient (Wildman–Crippen LogP) is 4.32. The van der Waals surface area contributed by atoms with Crippen molar-refractivity contribution in [1.82, 2.24) is 5.32 Å². The number of nitrogens with one attached hydrogen (secondary N) is 1. The van der Waals surface area contributed by atoms with Gasteiger partial charge in [-0.1, -0.05) is 12.1 Å². The van der Waals surface area contributed by atoms with Gasteiger partial charge < -0.3 is 10.1 Å². The van der Waals surface area contributed by atoms with Crippen molar-refractivity contribution in [2.75, 3.05) is 0 Å². The van der Waals surface area contributed by atoms with Gasteiger partial charge >= 0.3 is 0 Å². The SMILES string of the molecule is Cc1ccc(CNC2CC2)cc1Oc1cc(F)ccc1F. The van der Waals surface area contributed by atoms with E-state index >= 15 is 0 Å². The normalized spacial score (nSPS) is 14.2. The largest absolute Gasteiger partial charge is 0.454 e. The molecule has 2 aromatic rings. The topological polar surface area (TPSA) is 21.3 Å². The molecule has 0 radical (unpaired) electrons. The van der Waals surface area contributed by atoms with Gasteiger partial charge in [-0.25, -0.2) is 8.78 Å². The Morgan fingerprint density at radius 1 is 1.10 bits per heavy atom. The lowest BCUT2D eigenvalue weighted by Gasteiger charge is -2.12. The molecule has 0 saturated heterocycles. The summed E-state index contributed by atoms with van der Waals surface area (Å²) in [4.78, 5) is 0. The lowest BCUT2D eigenvalue weighted by Crippen LogP contribution is -2.15. The number of hydrogen-bond donors (Lipinski definition) is 1. The molecular formula is C17H17F2NO. The number of benzene rings is 2. The first kappa shape index (κ1) is 14.0. The highest BCUT2D eigenvalue weighted by Crippen LogP contribution is 2.29. The molecule has 0 atom stereocenters. The lowest BCUT2D eigenvalue weighted by atomic mass is 10.1. The van der Waals surface area contributed by atoms with Gasteiger partial charge in [0.15, 0.2) is 11.6 Å². The van der Waals surface area contributed by atoms with Gasteiger partial charge in [0, 0.05) is 18.7 Å². The minimum atomic E-state index is -0.572. The molecular weight excluding hydrogens is 272 g/mol. The van der Waals surface area contributed by atoms with Crippen molar-refractivity contribution in [2.24, 2.45) is 0 Å². The van der Waals surface area contributed by atoms with Crippen molar-refractivity contribution in [3.05, 3.63) is 59.2 Å². The molecule has 0 unspecified atom stereocenters. The summed E-state index contributed by atoms with van der Waals surface area (Å²) in [6.07, 6.45) is 2.45. The summed E-state index contributed by atoms with van der Waals surface area (Å²) >= 11 is 0. The van der Waals surface area contributed by atoms with E-state index in [0.717, 1.165) is 35.9 Å². The van der Waals surface area contributed by atoms with Crippen molar-refractivity contribution >= 4 is 0 Å². The van der Waals surface area contributed by atoms with E-state index in [9.17, 15) is 8.78 Å². The van der Waals surface area contributed by atoms with Crippen LogP contribution in [0.5, 0.6) is 11.5 Å². The molecule has 2 nitrogen and oxygen atoms in total. The van der Waals surface area contributed by atoms with E-state index in [4.69, 9.17) is 4.74 Å². The molecule has 1 aliphatic carbocycles. The van der Waals surface area contributed by atoms with Crippen molar-refractivity contribution in [3.63, 3.8) is 0 Å². The molecule has 1 aliphatic rings. The van der Waals surface area contributed by atoms with Crippen LogP contribution < -0.4 is 10.1 Å². The minimum absolute atomic E-state index is 0.0922. The predicted molar refractivity (Wildman–Crippen MR) is 77.5 cm³/mol. The number of ether oxygens (including phenoxy) is 1. The van der Waals surface area contributed by atoms with Crippen LogP contribution in [0.25, 0.3) is 0 Å². The van der Waals surface area contributed by atoms with E-state index in [1.807, 2.05) is 25.1 Å². The highest BCUT2D eigenvalue weighted by atomic mass is 19.1. The van der Waals surface area contributed by atoms with Gasteiger partial charge in [0.1, 0.15) is 11.6 Å². The summed E-state index contributed by atoms with van der Waals surface area (Å²) in [5.41, 5.74) is 1.95. The van der Waals surface area contributed by atoms with Gasteiger partial charge in [0.05, 0.1) is 0 Å². The van der Waals surface area contributed by atoms with Crippen molar-refractivity contribution in [1.29, 1.82) is 0 Å². The highest BCUT2D eigenvalue weighted by molar-refractivity contribution is 5.40. The van der Waals surface area contributed by atoms with Gasteiger partial charge in [0.25, 0.3) is 0 Å².